The van der Waals surface area contributed by atoms with E-state index in [0.29, 0.717) is 22.3 Å². The lowest BCUT2D eigenvalue weighted by molar-refractivity contribution is 0.588. The van der Waals surface area contributed by atoms with Gasteiger partial charge in [0.1, 0.15) is 4.21 Å². The Morgan fingerprint density at radius 1 is 1.36 bits per heavy atom. The fourth-order valence-electron chi connectivity index (χ4n) is 2.54. The third kappa shape index (κ3) is 2.80. The summed E-state index contributed by atoms with van der Waals surface area (Å²) in [4.78, 5) is 0. The van der Waals surface area contributed by atoms with Gasteiger partial charge in [-0.05, 0) is 49.1 Å². The first kappa shape index (κ1) is 17.4. The highest BCUT2D eigenvalue weighted by Crippen LogP contribution is 2.38. The van der Waals surface area contributed by atoms with Gasteiger partial charge in [-0.1, -0.05) is 17.7 Å². The zero-order valence-corrected chi connectivity index (χ0v) is 15.1. The van der Waals surface area contributed by atoms with Gasteiger partial charge in [-0.2, -0.15) is 0 Å². The van der Waals surface area contributed by atoms with Crippen LogP contribution in [0, 0.1) is 6.92 Å². The van der Waals surface area contributed by atoms with Crippen molar-refractivity contribution in [1.29, 1.82) is 0 Å². The third-order valence-corrected chi connectivity index (χ3v) is 7.44. The molecule has 1 aromatic heterocycles. The topological polar surface area (TPSA) is 63.4 Å². The average Bonchev–Trinajstić information content (AvgIpc) is 2.79. The number of nitrogen functional groups attached to an aromatic ring is 1. The maximum atomic E-state index is 12.9. The summed E-state index contributed by atoms with van der Waals surface area (Å²) >= 11 is 7.11. The van der Waals surface area contributed by atoms with E-state index in [1.807, 2.05) is 6.07 Å². The zero-order valence-electron chi connectivity index (χ0n) is 11.9. The normalized spacial score (nSPS) is 14.4. The molecule has 4 nitrogen and oxygen atoms in total. The van der Waals surface area contributed by atoms with Crippen LogP contribution >= 0.6 is 35.3 Å². The van der Waals surface area contributed by atoms with E-state index in [2.05, 4.69) is 0 Å². The lowest BCUT2D eigenvalue weighted by Crippen LogP contribution is -2.35. The summed E-state index contributed by atoms with van der Waals surface area (Å²) < 4.78 is 28.0. The molecule has 2 aromatic rings. The fourth-order valence-corrected chi connectivity index (χ4v) is 5.89. The Balaban J connectivity index is 0.00000176. The second-order valence-electron chi connectivity index (χ2n) is 5.05. The number of hydrogen-bond donors (Lipinski definition) is 1. The Morgan fingerprint density at radius 3 is 2.73 bits per heavy atom. The molecule has 0 saturated carbocycles. The minimum absolute atomic E-state index is 0. The predicted molar refractivity (Wildman–Crippen MR) is 95.0 cm³/mol. The quantitative estimate of drug-likeness (QED) is 0.806. The molecule has 0 amide bonds. The molecule has 0 bridgehead atoms. The van der Waals surface area contributed by atoms with E-state index < -0.39 is 10.0 Å². The number of fused-ring (bicyclic) bond motifs is 1. The highest BCUT2D eigenvalue weighted by atomic mass is 35.5. The smallest absolute Gasteiger partial charge is 0.273 e. The first-order valence-corrected chi connectivity index (χ1v) is 9.21. The summed E-state index contributed by atoms with van der Waals surface area (Å²) in [6.07, 6.45) is 1.57. The molecule has 1 aliphatic heterocycles. The number of nitrogens with zero attached hydrogens (tertiary/aromatic N) is 1. The van der Waals surface area contributed by atoms with Crippen LogP contribution in [0.2, 0.25) is 4.34 Å². The van der Waals surface area contributed by atoms with Gasteiger partial charge in [0.05, 0.1) is 10.0 Å². The lowest BCUT2D eigenvalue weighted by Gasteiger charge is -2.30. The Hall–Kier alpha value is -0.950. The molecule has 0 fully saturated rings. The minimum Gasteiger partial charge on any atom is -0.398 e. The molecular weight excluding hydrogens is 363 g/mol. The fraction of sp³-hybridized carbons (Fsp3) is 0.286. The lowest BCUT2D eigenvalue weighted by atomic mass is 10.0. The van der Waals surface area contributed by atoms with Crippen molar-refractivity contribution >= 4 is 56.7 Å². The molecule has 0 radical (unpaired) electrons. The number of hydrogen-bond acceptors (Lipinski definition) is 4. The van der Waals surface area contributed by atoms with Crippen LogP contribution in [0.15, 0.2) is 28.5 Å². The van der Waals surface area contributed by atoms with Crippen LogP contribution in [0.4, 0.5) is 11.4 Å². The molecule has 0 aliphatic carbocycles. The summed E-state index contributed by atoms with van der Waals surface area (Å²) in [5.74, 6) is 0. The van der Waals surface area contributed by atoms with Gasteiger partial charge < -0.3 is 5.73 Å². The Labute approximate surface area is 145 Å². The van der Waals surface area contributed by atoms with Crippen molar-refractivity contribution in [1.82, 2.24) is 0 Å². The van der Waals surface area contributed by atoms with Crippen molar-refractivity contribution in [3.05, 3.63) is 39.7 Å². The number of aryl methyl sites for hydroxylation is 1. The first-order chi connectivity index (χ1) is 9.91. The monoisotopic (exact) mass is 378 g/mol. The summed E-state index contributed by atoms with van der Waals surface area (Å²) in [5.41, 5.74) is 9.00. The van der Waals surface area contributed by atoms with Crippen LogP contribution in [0.3, 0.4) is 0 Å². The molecule has 1 aromatic carbocycles. The molecule has 3 rings (SSSR count). The Morgan fingerprint density at radius 2 is 2.09 bits per heavy atom. The number of sulfonamides is 1. The van der Waals surface area contributed by atoms with Gasteiger partial charge in [0.15, 0.2) is 0 Å². The zero-order chi connectivity index (χ0) is 15.2. The van der Waals surface area contributed by atoms with Crippen LogP contribution in [-0.2, 0) is 16.4 Å². The van der Waals surface area contributed by atoms with Crippen molar-refractivity contribution in [2.45, 2.75) is 24.0 Å². The first-order valence-electron chi connectivity index (χ1n) is 6.57. The van der Waals surface area contributed by atoms with Crippen molar-refractivity contribution < 1.29 is 8.42 Å². The van der Waals surface area contributed by atoms with Crippen LogP contribution in [0.1, 0.15) is 17.5 Å². The maximum absolute atomic E-state index is 12.9. The molecule has 0 atom stereocenters. The number of halogens is 2. The predicted octanol–water partition coefficient (Wildman–Crippen LogP) is 3.86. The number of benzene rings is 1. The number of thiophene rings is 1. The van der Waals surface area contributed by atoms with Gasteiger partial charge in [0, 0.05) is 12.2 Å². The molecule has 1 aliphatic rings. The van der Waals surface area contributed by atoms with E-state index >= 15 is 0 Å². The van der Waals surface area contributed by atoms with Gasteiger partial charge in [0.2, 0.25) is 0 Å². The molecular formula is C14H16Cl2N2O2S2. The van der Waals surface area contributed by atoms with Crippen LogP contribution in [-0.4, -0.2) is 15.0 Å². The second-order valence-corrected chi connectivity index (χ2v) is 8.79. The summed E-state index contributed by atoms with van der Waals surface area (Å²) in [5, 5.41) is 0. The van der Waals surface area contributed by atoms with Gasteiger partial charge >= 0.3 is 0 Å². The molecule has 120 valence electrons. The summed E-state index contributed by atoms with van der Waals surface area (Å²) in [6, 6.07) is 7.03. The van der Waals surface area contributed by atoms with Crippen LogP contribution < -0.4 is 10.0 Å². The van der Waals surface area contributed by atoms with Crippen molar-refractivity contribution in [2.24, 2.45) is 0 Å². The highest BCUT2D eigenvalue weighted by molar-refractivity contribution is 7.94. The van der Waals surface area contributed by atoms with E-state index in [4.69, 9.17) is 17.3 Å². The number of nitrogens with two attached hydrogens (primary N) is 1. The molecule has 0 saturated heterocycles. The standard InChI is InChI=1S/C14H15ClN2O2S2.ClH/c1-9-8-13(20-14(9)15)21(18,19)17-7-3-4-10-11(16)5-2-6-12(10)17;/h2,5-6,8H,3-4,7,16H2,1H3;1H. The maximum Gasteiger partial charge on any atom is 0.273 e. The molecule has 2 heterocycles. The Bertz CT molecular complexity index is 784. The highest BCUT2D eigenvalue weighted by Gasteiger charge is 2.31. The van der Waals surface area contributed by atoms with Crippen molar-refractivity contribution in [3.8, 4) is 0 Å². The van der Waals surface area contributed by atoms with Gasteiger partial charge in [0.25, 0.3) is 10.0 Å². The molecule has 0 unspecified atom stereocenters. The molecule has 2 N–H and O–H groups in total. The van der Waals surface area contributed by atoms with E-state index in [9.17, 15) is 8.42 Å². The second kappa shape index (κ2) is 6.28. The summed E-state index contributed by atoms with van der Waals surface area (Å²) in [6.45, 7) is 2.27. The molecule has 22 heavy (non-hydrogen) atoms. The van der Waals surface area contributed by atoms with Crippen LogP contribution in [0.25, 0.3) is 0 Å². The number of anilines is 2. The average molecular weight is 379 g/mol. The van der Waals surface area contributed by atoms with E-state index in [0.717, 1.165) is 35.3 Å². The SMILES string of the molecule is Cc1cc(S(=O)(=O)N2CCCc3c(N)cccc32)sc1Cl.Cl. The third-order valence-electron chi connectivity index (χ3n) is 3.62. The van der Waals surface area contributed by atoms with Gasteiger partial charge in [-0.15, -0.1) is 23.7 Å². The van der Waals surface area contributed by atoms with E-state index in [1.54, 1.807) is 25.1 Å². The van der Waals surface area contributed by atoms with E-state index in [-0.39, 0.29) is 16.6 Å². The van der Waals surface area contributed by atoms with Crippen LogP contribution in [0.5, 0.6) is 0 Å². The van der Waals surface area contributed by atoms with Crippen molar-refractivity contribution in [2.75, 3.05) is 16.6 Å². The summed E-state index contributed by atoms with van der Waals surface area (Å²) in [7, 11) is -3.58. The van der Waals surface area contributed by atoms with Crippen molar-refractivity contribution in [3.63, 3.8) is 0 Å². The Kier molecular flexibility index (Phi) is 4.96. The van der Waals surface area contributed by atoms with Gasteiger partial charge in [-0.3, -0.25) is 4.31 Å². The molecule has 8 heteroatoms. The molecule has 0 spiro atoms. The van der Waals surface area contributed by atoms with E-state index in [1.165, 1.54) is 4.31 Å². The van der Waals surface area contributed by atoms with Gasteiger partial charge in [-0.25, -0.2) is 8.42 Å². The minimum atomic E-state index is -3.58. The largest absolute Gasteiger partial charge is 0.398 e. The number of rotatable bonds is 2.